The highest BCUT2D eigenvalue weighted by Crippen LogP contribution is 2.44. The lowest BCUT2D eigenvalue weighted by Crippen LogP contribution is -2.37. The summed E-state index contributed by atoms with van der Waals surface area (Å²) < 4.78 is 51.2. The molecule has 38 heavy (non-hydrogen) atoms. The van der Waals surface area contributed by atoms with E-state index in [4.69, 9.17) is 29.7 Å². The molecule has 2 aliphatic heterocycles. The van der Waals surface area contributed by atoms with E-state index in [2.05, 4.69) is 25.0 Å². The van der Waals surface area contributed by atoms with E-state index in [9.17, 15) is 18.3 Å². The third kappa shape index (κ3) is 4.78. The second kappa shape index (κ2) is 9.35. The highest BCUT2D eigenvalue weighted by atomic mass is 32.2. The van der Waals surface area contributed by atoms with Crippen LogP contribution in [0.2, 0.25) is 0 Å². The van der Waals surface area contributed by atoms with Crippen LogP contribution in [0.15, 0.2) is 35.7 Å². The monoisotopic (exact) mass is 547 g/mol. The van der Waals surface area contributed by atoms with E-state index in [0.29, 0.717) is 0 Å². The molecule has 2 saturated heterocycles. The number of benzene rings is 1. The Hall–Kier alpha value is -4.06. The summed E-state index contributed by atoms with van der Waals surface area (Å²) in [5.74, 6) is -2.78. The van der Waals surface area contributed by atoms with Crippen molar-refractivity contribution in [1.82, 2.24) is 24.2 Å². The van der Waals surface area contributed by atoms with Gasteiger partial charge in [-0.25, -0.2) is 19.7 Å². The van der Waals surface area contributed by atoms with Crippen molar-refractivity contribution < 1.29 is 36.7 Å². The number of nitrogens with zero attached hydrogens (tertiary/aromatic N) is 7. The van der Waals surface area contributed by atoms with E-state index >= 15 is 0 Å². The molecule has 2 fully saturated rings. The average Bonchev–Trinajstić information content (AvgIpc) is 3.49. The van der Waals surface area contributed by atoms with Crippen molar-refractivity contribution in [2.24, 2.45) is 5.11 Å². The summed E-state index contributed by atoms with van der Waals surface area (Å²) in [7, 11) is -4.60. The van der Waals surface area contributed by atoms with Crippen molar-refractivity contribution in [3.8, 4) is 5.75 Å². The number of para-hydroxylation sites is 1. The third-order valence-corrected chi connectivity index (χ3v) is 6.61. The quantitative estimate of drug-likeness (QED) is 0.214. The van der Waals surface area contributed by atoms with Gasteiger partial charge in [0.15, 0.2) is 23.5 Å². The first-order valence-electron chi connectivity index (χ1n) is 11.0. The van der Waals surface area contributed by atoms with Gasteiger partial charge in [0.1, 0.15) is 29.6 Å². The molecule has 0 spiro atoms. The van der Waals surface area contributed by atoms with Gasteiger partial charge in [-0.05, 0) is 36.6 Å². The van der Waals surface area contributed by atoms with Gasteiger partial charge in [0, 0.05) is 4.91 Å². The number of hydrogen-bond acceptors (Lipinski definition) is 13. The fourth-order valence-electron chi connectivity index (χ4n) is 4.23. The molecule has 0 saturated carbocycles. The van der Waals surface area contributed by atoms with Crippen molar-refractivity contribution in [1.29, 1.82) is 0 Å². The zero-order chi connectivity index (χ0) is 27.2. The van der Waals surface area contributed by atoms with E-state index in [0.717, 1.165) is 0 Å². The smallest absolute Gasteiger partial charge is 0.362 e. The summed E-state index contributed by atoms with van der Waals surface area (Å²) in [5.41, 5.74) is 14.8. The highest BCUT2D eigenvalue weighted by molar-refractivity contribution is 7.85. The summed E-state index contributed by atoms with van der Waals surface area (Å²) in [6.45, 7) is 2.80. The zero-order valence-electron chi connectivity index (χ0n) is 19.8. The Morgan fingerprint density at radius 3 is 2.79 bits per heavy atom. The predicted molar refractivity (Wildman–Crippen MR) is 127 cm³/mol. The van der Waals surface area contributed by atoms with Gasteiger partial charge >= 0.3 is 10.3 Å². The number of nitrogen functional groups attached to an aromatic ring is 1. The molecule has 0 unspecified atom stereocenters. The number of rotatable bonds is 7. The number of imidazole rings is 1. The minimum atomic E-state index is -4.60. The van der Waals surface area contributed by atoms with Gasteiger partial charge in [-0.3, -0.25) is 13.5 Å². The van der Waals surface area contributed by atoms with Gasteiger partial charge in [0.25, 0.3) is 5.91 Å². The van der Waals surface area contributed by atoms with E-state index in [1.54, 1.807) is 18.6 Å². The number of ether oxygens (including phenoxy) is 3. The van der Waals surface area contributed by atoms with Crippen LogP contribution in [0.3, 0.4) is 0 Å². The van der Waals surface area contributed by atoms with Crippen LogP contribution >= 0.6 is 0 Å². The number of phenols is 1. The van der Waals surface area contributed by atoms with Gasteiger partial charge in [-0.2, -0.15) is 8.42 Å². The average molecular weight is 548 g/mol. The molecule has 4 N–H and O–H groups in total. The number of nitrogens with two attached hydrogens (primary N) is 1. The first-order valence-corrected chi connectivity index (χ1v) is 12.4. The second-order valence-corrected chi connectivity index (χ2v) is 10.1. The number of carbonyl (C=O) groups is 1. The molecular weight excluding hydrogens is 526 g/mol. The Bertz CT molecular complexity index is 1570. The minimum Gasteiger partial charge on any atom is -0.507 e. The molecule has 200 valence electrons. The maximum absolute atomic E-state index is 12.5. The number of anilines is 1. The van der Waals surface area contributed by atoms with Crippen LogP contribution in [0.5, 0.6) is 5.75 Å². The Balaban J connectivity index is 1.38. The first kappa shape index (κ1) is 25.6. The SMILES string of the molecule is CC1(C)O[C@@H]2[C@H](O1)[C@@H](COS(=O)(=O)NC(=O)c1ccccc1O)O[C@H]2n1cnc2c(N)nc(N=[N+]=[N-])nc21. The number of aromatic hydroxyl groups is 1. The van der Waals surface area contributed by atoms with Crippen LogP contribution < -0.4 is 10.5 Å². The molecule has 4 heterocycles. The molecule has 0 radical (unpaired) electrons. The summed E-state index contributed by atoms with van der Waals surface area (Å²) in [6.07, 6.45) is -2.07. The molecule has 4 atom stereocenters. The van der Waals surface area contributed by atoms with Gasteiger partial charge in [0.2, 0.25) is 5.95 Å². The molecule has 1 amide bonds. The molecule has 3 aromatic rings. The number of phenolic OH excluding ortho intramolecular Hbond substituents is 1. The standard InChI is InChI=1S/C20H21N9O8S/c1-20(2)36-13-11(7-34-38(32,33)27-17(31)9-5-3-4-6-10(9)30)35-18(14(13)37-20)29-8-23-12-15(21)24-19(26-28-22)25-16(12)29/h3-6,8,11,13-14,18,30H,7H2,1-2H3,(H,27,31)(H2,21,24,25)/t11-,13-,14-,18-/m1/s1. The number of carbonyl (C=O) groups excluding carboxylic acids is 1. The fraction of sp³-hybridized carbons (Fsp3) is 0.400. The van der Waals surface area contributed by atoms with Crippen molar-refractivity contribution >= 4 is 39.1 Å². The maximum atomic E-state index is 12.5. The van der Waals surface area contributed by atoms with Crippen LogP contribution in [0.4, 0.5) is 11.8 Å². The molecule has 0 aliphatic carbocycles. The number of amides is 1. The maximum Gasteiger partial charge on any atom is 0.362 e. The van der Waals surface area contributed by atoms with Crippen LogP contribution in [0, 0.1) is 0 Å². The van der Waals surface area contributed by atoms with E-state index in [1.807, 2.05) is 0 Å². The fourth-order valence-corrected chi connectivity index (χ4v) is 4.94. The summed E-state index contributed by atoms with van der Waals surface area (Å²) in [4.78, 5) is 27.2. The first-order chi connectivity index (χ1) is 18.0. The summed E-state index contributed by atoms with van der Waals surface area (Å²) in [5, 5.41) is 13.2. The third-order valence-electron chi connectivity index (χ3n) is 5.72. The van der Waals surface area contributed by atoms with Gasteiger partial charge < -0.3 is 25.1 Å². The summed E-state index contributed by atoms with van der Waals surface area (Å²) in [6, 6.07) is 5.43. The lowest BCUT2D eigenvalue weighted by molar-refractivity contribution is -0.198. The Labute approximate surface area is 214 Å². The Morgan fingerprint density at radius 1 is 1.32 bits per heavy atom. The van der Waals surface area contributed by atoms with Crippen LogP contribution in [-0.4, -0.2) is 69.7 Å². The minimum absolute atomic E-state index is 0.0270. The molecular formula is C20H21N9O8S. The predicted octanol–water partition coefficient (Wildman–Crippen LogP) is 1.16. The Kier molecular flexibility index (Phi) is 6.30. The molecule has 5 rings (SSSR count). The number of azide groups is 1. The summed E-state index contributed by atoms with van der Waals surface area (Å²) >= 11 is 0. The van der Waals surface area contributed by atoms with Crippen molar-refractivity contribution in [3.63, 3.8) is 0 Å². The number of hydrogen-bond donors (Lipinski definition) is 3. The normalized spacial score (nSPS) is 24.2. The molecule has 18 heteroatoms. The van der Waals surface area contributed by atoms with Crippen molar-refractivity contribution in [2.75, 3.05) is 12.3 Å². The Morgan fingerprint density at radius 2 is 2.05 bits per heavy atom. The van der Waals surface area contributed by atoms with Gasteiger partial charge in [-0.15, -0.1) is 0 Å². The van der Waals surface area contributed by atoms with E-state index < -0.39 is 58.9 Å². The van der Waals surface area contributed by atoms with Gasteiger partial charge in [-0.1, -0.05) is 12.1 Å². The van der Waals surface area contributed by atoms with Gasteiger partial charge in [0.05, 0.1) is 18.5 Å². The van der Waals surface area contributed by atoms with E-state index in [1.165, 1.54) is 35.2 Å². The largest absolute Gasteiger partial charge is 0.507 e. The zero-order valence-corrected chi connectivity index (χ0v) is 20.6. The topological polar surface area (TPSA) is 239 Å². The molecule has 17 nitrogen and oxygen atoms in total. The van der Waals surface area contributed by atoms with Crippen LogP contribution in [-0.2, 0) is 28.7 Å². The number of fused-ring (bicyclic) bond motifs is 2. The highest BCUT2D eigenvalue weighted by Gasteiger charge is 2.56. The number of aromatic nitrogens is 4. The van der Waals surface area contributed by atoms with Crippen molar-refractivity contribution in [2.45, 2.75) is 44.2 Å². The van der Waals surface area contributed by atoms with E-state index in [-0.39, 0.29) is 28.5 Å². The molecule has 2 aromatic heterocycles. The number of nitrogens with one attached hydrogen (secondary N) is 1. The molecule has 2 aliphatic rings. The molecule has 1 aromatic carbocycles. The lowest BCUT2D eigenvalue weighted by atomic mass is 10.1. The lowest BCUT2D eigenvalue weighted by Gasteiger charge is -2.24. The second-order valence-electron chi connectivity index (χ2n) is 8.74. The van der Waals surface area contributed by atoms with Crippen molar-refractivity contribution in [3.05, 3.63) is 46.6 Å². The van der Waals surface area contributed by atoms with Crippen LogP contribution in [0.25, 0.3) is 21.6 Å². The molecule has 0 bridgehead atoms. The van der Waals surface area contributed by atoms with Crippen LogP contribution in [0.1, 0.15) is 30.4 Å².